The highest BCUT2D eigenvalue weighted by molar-refractivity contribution is 9.15. The zero-order chi connectivity index (χ0) is 7.84. The molecule has 0 atom stereocenters. The third-order valence-corrected chi connectivity index (χ3v) is 2.47. The zero-order valence-corrected chi connectivity index (χ0v) is 7.72. The van der Waals surface area contributed by atoms with E-state index in [0.29, 0.717) is 0 Å². The molecule has 0 radical (unpaired) electrons. The summed E-state index contributed by atoms with van der Waals surface area (Å²) in [5, 5.41) is 0. The number of aromatic nitrogens is 2. The van der Waals surface area contributed by atoms with Crippen LogP contribution in [0.3, 0.4) is 0 Å². The fourth-order valence-electron chi connectivity index (χ4n) is 1.17. The van der Waals surface area contributed by atoms with Gasteiger partial charge in [-0.1, -0.05) is 22.0 Å². The molecular formula is C8H7BrN2. The number of fused-ring (bicyclic) bond motifs is 1. The second kappa shape index (κ2) is 2.41. The molecule has 0 amide bonds. The molecular weight excluding hydrogens is 204 g/mol. The summed E-state index contributed by atoms with van der Waals surface area (Å²) in [6.45, 7) is 1.91. The van der Waals surface area contributed by atoms with Gasteiger partial charge in [-0.15, -0.1) is 0 Å². The van der Waals surface area contributed by atoms with Gasteiger partial charge in [-0.2, -0.15) is 0 Å². The van der Waals surface area contributed by atoms with E-state index in [9.17, 15) is 0 Å². The fourth-order valence-corrected chi connectivity index (χ4v) is 1.66. The van der Waals surface area contributed by atoms with E-state index < -0.39 is 0 Å². The molecule has 2 rings (SSSR count). The molecule has 0 saturated carbocycles. The minimum atomic E-state index is 0.847. The zero-order valence-electron chi connectivity index (χ0n) is 6.13. The Morgan fingerprint density at radius 1 is 1.55 bits per heavy atom. The minimum absolute atomic E-state index is 0.847. The average molecular weight is 211 g/mol. The van der Waals surface area contributed by atoms with Crippen LogP contribution in [0.2, 0.25) is 0 Å². The van der Waals surface area contributed by atoms with Crippen LogP contribution in [0.15, 0.2) is 12.3 Å². The number of hydrogen-bond acceptors (Lipinski definition) is 2. The standard InChI is InChI=1S/C8H7BrN2/c1-5-10-4-6-7(9)2-3-8(6)11-5/h2,4H,3H2,1H3. The first-order valence-corrected chi connectivity index (χ1v) is 4.25. The van der Waals surface area contributed by atoms with E-state index in [-0.39, 0.29) is 0 Å². The number of aryl methyl sites for hydroxylation is 1. The Morgan fingerprint density at radius 2 is 2.36 bits per heavy atom. The van der Waals surface area contributed by atoms with E-state index in [1.165, 1.54) is 0 Å². The van der Waals surface area contributed by atoms with Crippen LogP contribution in [-0.4, -0.2) is 9.97 Å². The molecule has 0 saturated heterocycles. The first-order valence-electron chi connectivity index (χ1n) is 3.46. The van der Waals surface area contributed by atoms with Crippen molar-refractivity contribution in [2.45, 2.75) is 13.3 Å². The second-order valence-electron chi connectivity index (χ2n) is 2.53. The molecule has 2 nitrogen and oxygen atoms in total. The maximum atomic E-state index is 4.31. The van der Waals surface area contributed by atoms with Gasteiger partial charge in [0.1, 0.15) is 5.82 Å². The summed E-state index contributed by atoms with van der Waals surface area (Å²) >= 11 is 3.44. The second-order valence-corrected chi connectivity index (χ2v) is 3.39. The lowest BCUT2D eigenvalue weighted by Gasteiger charge is -1.98. The van der Waals surface area contributed by atoms with Gasteiger partial charge in [-0.05, 0) is 6.92 Å². The molecule has 0 aromatic carbocycles. The highest BCUT2D eigenvalue weighted by atomic mass is 79.9. The Hall–Kier alpha value is -0.700. The van der Waals surface area contributed by atoms with Gasteiger partial charge in [0, 0.05) is 22.7 Å². The van der Waals surface area contributed by atoms with Gasteiger partial charge in [0.05, 0.1) is 5.69 Å². The van der Waals surface area contributed by atoms with E-state index in [0.717, 1.165) is 28.0 Å². The Labute approximate surface area is 73.5 Å². The Balaban J connectivity index is 2.58. The lowest BCUT2D eigenvalue weighted by Crippen LogP contribution is -1.94. The largest absolute Gasteiger partial charge is 0.241 e. The molecule has 56 valence electrons. The SMILES string of the molecule is Cc1ncc2c(n1)CC=C2Br. The van der Waals surface area contributed by atoms with Gasteiger partial charge in [-0.3, -0.25) is 0 Å². The molecule has 0 aliphatic heterocycles. The Bertz CT molecular complexity index is 331. The van der Waals surface area contributed by atoms with Gasteiger partial charge < -0.3 is 0 Å². The van der Waals surface area contributed by atoms with E-state index >= 15 is 0 Å². The number of nitrogens with zero attached hydrogens (tertiary/aromatic N) is 2. The van der Waals surface area contributed by atoms with Crippen molar-refractivity contribution in [2.24, 2.45) is 0 Å². The van der Waals surface area contributed by atoms with Gasteiger partial charge >= 0.3 is 0 Å². The van der Waals surface area contributed by atoms with Crippen molar-refractivity contribution >= 4 is 20.4 Å². The van der Waals surface area contributed by atoms with Crippen molar-refractivity contribution in [3.63, 3.8) is 0 Å². The molecule has 11 heavy (non-hydrogen) atoms. The van der Waals surface area contributed by atoms with Gasteiger partial charge in [-0.25, -0.2) is 9.97 Å². The van der Waals surface area contributed by atoms with Gasteiger partial charge in [0.2, 0.25) is 0 Å². The molecule has 1 aromatic rings. The van der Waals surface area contributed by atoms with Crippen molar-refractivity contribution in [1.82, 2.24) is 9.97 Å². The molecule has 1 aliphatic rings. The first-order chi connectivity index (χ1) is 5.27. The molecule has 0 fully saturated rings. The third-order valence-electron chi connectivity index (χ3n) is 1.72. The van der Waals surface area contributed by atoms with Crippen molar-refractivity contribution in [3.05, 3.63) is 29.4 Å². The predicted molar refractivity (Wildman–Crippen MR) is 47.4 cm³/mol. The summed E-state index contributed by atoms with van der Waals surface area (Å²) in [7, 11) is 0. The lowest BCUT2D eigenvalue weighted by atomic mass is 10.3. The smallest absolute Gasteiger partial charge is 0.125 e. The van der Waals surface area contributed by atoms with Crippen LogP contribution in [0.1, 0.15) is 17.1 Å². The van der Waals surface area contributed by atoms with Crippen LogP contribution in [0, 0.1) is 6.92 Å². The molecule has 1 aromatic heterocycles. The van der Waals surface area contributed by atoms with Crippen molar-refractivity contribution < 1.29 is 0 Å². The monoisotopic (exact) mass is 210 g/mol. The number of halogens is 1. The highest BCUT2D eigenvalue weighted by Gasteiger charge is 2.12. The Morgan fingerprint density at radius 3 is 3.18 bits per heavy atom. The number of allylic oxidation sites excluding steroid dienone is 1. The predicted octanol–water partition coefficient (Wildman–Crippen LogP) is 2.08. The molecule has 0 N–H and O–H groups in total. The highest BCUT2D eigenvalue weighted by Crippen LogP contribution is 2.29. The minimum Gasteiger partial charge on any atom is -0.241 e. The summed E-state index contributed by atoms with van der Waals surface area (Å²) < 4.78 is 1.12. The van der Waals surface area contributed by atoms with Crippen LogP contribution >= 0.6 is 15.9 Å². The van der Waals surface area contributed by atoms with E-state index in [2.05, 4.69) is 32.0 Å². The Kier molecular flexibility index (Phi) is 1.53. The summed E-state index contributed by atoms with van der Waals surface area (Å²) in [6.07, 6.45) is 4.91. The van der Waals surface area contributed by atoms with Gasteiger partial charge in [0.15, 0.2) is 0 Å². The summed E-state index contributed by atoms with van der Waals surface area (Å²) in [5.74, 6) is 0.847. The van der Waals surface area contributed by atoms with Crippen LogP contribution in [0.4, 0.5) is 0 Å². The quantitative estimate of drug-likeness (QED) is 0.656. The van der Waals surface area contributed by atoms with Crippen molar-refractivity contribution in [2.75, 3.05) is 0 Å². The van der Waals surface area contributed by atoms with Crippen molar-refractivity contribution in [3.8, 4) is 0 Å². The molecule has 0 unspecified atom stereocenters. The van der Waals surface area contributed by atoms with E-state index in [4.69, 9.17) is 0 Å². The summed E-state index contributed by atoms with van der Waals surface area (Å²) in [4.78, 5) is 8.43. The third kappa shape index (κ3) is 1.09. The normalized spacial score (nSPS) is 14.5. The lowest BCUT2D eigenvalue weighted by molar-refractivity contribution is 0.987. The van der Waals surface area contributed by atoms with E-state index in [1.807, 2.05) is 13.1 Å². The van der Waals surface area contributed by atoms with Crippen LogP contribution in [-0.2, 0) is 6.42 Å². The molecule has 1 heterocycles. The summed E-state index contributed by atoms with van der Waals surface area (Å²) in [5.41, 5.74) is 2.26. The molecule has 0 spiro atoms. The molecule has 0 bridgehead atoms. The average Bonchev–Trinajstić information content (AvgIpc) is 2.32. The topological polar surface area (TPSA) is 25.8 Å². The maximum Gasteiger partial charge on any atom is 0.125 e. The van der Waals surface area contributed by atoms with Crippen LogP contribution in [0.25, 0.3) is 4.48 Å². The maximum absolute atomic E-state index is 4.31. The number of rotatable bonds is 0. The summed E-state index contributed by atoms with van der Waals surface area (Å²) in [6, 6.07) is 0. The van der Waals surface area contributed by atoms with Crippen molar-refractivity contribution in [1.29, 1.82) is 0 Å². The van der Waals surface area contributed by atoms with Gasteiger partial charge in [0.25, 0.3) is 0 Å². The van der Waals surface area contributed by atoms with E-state index in [1.54, 1.807) is 0 Å². The van der Waals surface area contributed by atoms with Crippen LogP contribution < -0.4 is 0 Å². The first kappa shape index (κ1) is 6.98. The fraction of sp³-hybridized carbons (Fsp3) is 0.250. The number of hydrogen-bond donors (Lipinski definition) is 0. The van der Waals surface area contributed by atoms with Crippen LogP contribution in [0.5, 0.6) is 0 Å². The molecule has 1 aliphatic carbocycles. The molecule has 3 heteroatoms.